The molecule has 0 bridgehead atoms. The first-order valence-electron chi connectivity index (χ1n) is 6.03. The molecule has 0 aliphatic heterocycles. The fourth-order valence-electron chi connectivity index (χ4n) is 1.94. The first-order chi connectivity index (χ1) is 8.24. The molecule has 3 nitrogen and oxygen atoms in total. The van der Waals surface area contributed by atoms with Crippen molar-refractivity contribution in [1.82, 2.24) is 9.78 Å². The van der Waals surface area contributed by atoms with Gasteiger partial charge in [0.15, 0.2) is 0 Å². The molecule has 2 atom stereocenters. The van der Waals surface area contributed by atoms with E-state index in [1.807, 2.05) is 29.1 Å². The molecule has 1 aromatic heterocycles. The predicted octanol–water partition coefficient (Wildman–Crippen LogP) is 2.57. The lowest BCUT2D eigenvalue weighted by Crippen LogP contribution is -2.19. The Morgan fingerprint density at radius 2 is 1.88 bits per heavy atom. The van der Waals surface area contributed by atoms with E-state index in [4.69, 9.17) is 5.73 Å². The van der Waals surface area contributed by atoms with E-state index in [2.05, 4.69) is 37.1 Å². The lowest BCUT2D eigenvalue weighted by molar-refractivity contribution is 0.479. The van der Waals surface area contributed by atoms with Crippen molar-refractivity contribution >= 4 is 0 Å². The Labute approximate surface area is 102 Å². The summed E-state index contributed by atoms with van der Waals surface area (Å²) in [5.41, 5.74) is 8.06. The molecule has 17 heavy (non-hydrogen) atoms. The molecule has 0 aliphatic carbocycles. The number of aromatic nitrogens is 2. The van der Waals surface area contributed by atoms with Crippen LogP contribution in [0.1, 0.15) is 25.5 Å². The van der Waals surface area contributed by atoms with Gasteiger partial charge in [0.05, 0.1) is 5.69 Å². The Bertz CT molecular complexity index is 461. The van der Waals surface area contributed by atoms with Crippen molar-refractivity contribution < 1.29 is 0 Å². The van der Waals surface area contributed by atoms with Crippen molar-refractivity contribution in [1.29, 1.82) is 0 Å². The minimum atomic E-state index is 0.405. The summed E-state index contributed by atoms with van der Waals surface area (Å²) in [6, 6.07) is 12.3. The van der Waals surface area contributed by atoms with E-state index < -0.39 is 0 Å². The van der Waals surface area contributed by atoms with E-state index in [0.717, 1.165) is 5.69 Å². The summed E-state index contributed by atoms with van der Waals surface area (Å²) in [5.74, 6) is 0.858. The molecule has 0 saturated carbocycles. The van der Waals surface area contributed by atoms with Crippen molar-refractivity contribution in [3.8, 4) is 5.69 Å². The van der Waals surface area contributed by atoms with Gasteiger partial charge in [-0.15, -0.1) is 0 Å². The molecule has 2 unspecified atom stereocenters. The number of benzene rings is 1. The highest BCUT2D eigenvalue weighted by Crippen LogP contribution is 2.25. The lowest BCUT2D eigenvalue weighted by Gasteiger charge is -2.19. The third kappa shape index (κ3) is 2.39. The second-order valence-electron chi connectivity index (χ2n) is 4.51. The maximum Gasteiger partial charge on any atom is 0.0648 e. The van der Waals surface area contributed by atoms with Crippen LogP contribution in [0.25, 0.3) is 5.69 Å². The maximum absolute atomic E-state index is 5.74. The smallest absolute Gasteiger partial charge is 0.0648 e. The van der Waals surface area contributed by atoms with Crippen LogP contribution in [0, 0.1) is 5.92 Å². The summed E-state index contributed by atoms with van der Waals surface area (Å²) in [6.07, 6.45) is 1.85. The highest BCUT2D eigenvalue weighted by atomic mass is 15.3. The van der Waals surface area contributed by atoms with E-state index in [0.29, 0.717) is 18.4 Å². The van der Waals surface area contributed by atoms with Gasteiger partial charge in [0.1, 0.15) is 0 Å². The van der Waals surface area contributed by atoms with Gasteiger partial charge in [0.2, 0.25) is 0 Å². The lowest BCUT2D eigenvalue weighted by atomic mass is 9.93. The molecule has 1 aromatic carbocycles. The molecule has 0 aliphatic rings. The van der Waals surface area contributed by atoms with Crippen molar-refractivity contribution in [2.24, 2.45) is 11.7 Å². The fraction of sp³-hybridized carbons (Fsp3) is 0.357. The average molecular weight is 229 g/mol. The number of hydrogen-bond donors (Lipinski definition) is 1. The van der Waals surface area contributed by atoms with Gasteiger partial charge < -0.3 is 5.73 Å². The fourth-order valence-corrected chi connectivity index (χ4v) is 1.94. The van der Waals surface area contributed by atoms with E-state index in [-0.39, 0.29) is 0 Å². The average Bonchev–Trinajstić information content (AvgIpc) is 2.87. The zero-order chi connectivity index (χ0) is 12.3. The summed E-state index contributed by atoms with van der Waals surface area (Å²) < 4.78 is 2.00. The summed E-state index contributed by atoms with van der Waals surface area (Å²) in [4.78, 5) is 0. The highest BCUT2D eigenvalue weighted by molar-refractivity contribution is 5.33. The van der Waals surface area contributed by atoms with Crippen molar-refractivity contribution in [2.75, 3.05) is 6.54 Å². The molecule has 2 N–H and O–H groups in total. The third-order valence-electron chi connectivity index (χ3n) is 3.36. The summed E-state index contributed by atoms with van der Waals surface area (Å²) in [5, 5.41) is 4.40. The molecule has 3 heteroatoms. The van der Waals surface area contributed by atoms with E-state index in [1.54, 1.807) is 0 Å². The Morgan fingerprint density at radius 3 is 2.53 bits per heavy atom. The monoisotopic (exact) mass is 229 g/mol. The van der Waals surface area contributed by atoms with E-state index in [9.17, 15) is 0 Å². The van der Waals surface area contributed by atoms with Crippen LogP contribution in [0.4, 0.5) is 0 Å². The number of nitrogens with zero attached hydrogens (tertiary/aromatic N) is 2. The molecular formula is C14H19N3. The minimum Gasteiger partial charge on any atom is -0.330 e. The molecule has 90 valence electrons. The predicted molar refractivity (Wildman–Crippen MR) is 70.2 cm³/mol. The van der Waals surface area contributed by atoms with Gasteiger partial charge in [-0.1, -0.05) is 32.0 Å². The van der Waals surface area contributed by atoms with Crippen LogP contribution in [0.15, 0.2) is 42.6 Å². The zero-order valence-electron chi connectivity index (χ0n) is 10.4. The van der Waals surface area contributed by atoms with Gasteiger partial charge in [-0.05, 0) is 30.7 Å². The molecule has 2 aromatic rings. The van der Waals surface area contributed by atoms with Gasteiger partial charge in [-0.2, -0.15) is 5.10 Å². The van der Waals surface area contributed by atoms with E-state index in [1.165, 1.54) is 5.69 Å². The van der Waals surface area contributed by atoms with Crippen molar-refractivity contribution in [2.45, 2.75) is 19.8 Å². The molecule has 0 radical (unpaired) electrons. The van der Waals surface area contributed by atoms with Gasteiger partial charge in [0.25, 0.3) is 0 Å². The van der Waals surface area contributed by atoms with Crippen LogP contribution >= 0.6 is 0 Å². The molecule has 1 heterocycles. The van der Waals surface area contributed by atoms with Crippen LogP contribution in [-0.2, 0) is 0 Å². The Balaban J connectivity index is 2.35. The zero-order valence-corrected chi connectivity index (χ0v) is 10.4. The molecule has 0 amide bonds. The van der Waals surface area contributed by atoms with Gasteiger partial charge in [-0.25, -0.2) is 4.68 Å². The molecule has 0 saturated heterocycles. The van der Waals surface area contributed by atoms with Crippen molar-refractivity contribution in [3.05, 3.63) is 48.3 Å². The van der Waals surface area contributed by atoms with Crippen molar-refractivity contribution in [3.63, 3.8) is 0 Å². The summed E-state index contributed by atoms with van der Waals surface area (Å²) in [6.45, 7) is 5.07. The van der Waals surface area contributed by atoms with Crippen LogP contribution in [0.2, 0.25) is 0 Å². The Kier molecular flexibility index (Phi) is 3.59. The summed E-state index contributed by atoms with van der Waals surface area (Å²) >= 11 is 0. The van der Waals surface area contributed by atoms with Gasteiger partial charge in [0, 0.05) is 17.8 Å². The quantitative estimate of drug-likeness (QED) is 0.875. The Hall–Kier alpha value is -1.61. The first-order valence-corrected chi connectivity index (χ1v) is 6.03. The first kappa shape index (κ1) is 11.9. The normalized spacial score (nSPS) is 14.5. The van der Waals surface area contributed by atoms with Gasteiger partial charge in [-0.3, -0.25) is 0 Å². The standard InChI is InChI=1S/C14H19N3/c1-11(10-15)12(2)14-8-9-16-17(14)13-6-4-3-5-7-13/h3-9,11-12H,10,15H2,1-2H3. The SMILES string of the molecule is CC(CN)C(C)c1ccnn1-c1ccccc1. The van der Waals surface area contributed by atoms with Crippen LogP contribution < -0.4 is 5.73 Å². The molecule has 2 rings (SSSR count). The Morgan fingerprint density at radius 1 is 1.18 bits per heavy atom. The van der Waals surface area contributed by atoms with Crippen LogP contribution in [0.3, 0.4) is 0 Å². The molecular weight excluding hydrogens is 210 g/mol. The van der Waals surface area contributed by atoms with Crippen LogP contribution in [0.5, 0.6) is 0 Å². The molecule has 0 fully saturated rings. The number of hydrogen-bond acceptors (Lipinski definition) is 2. The number of rotatable bonds is 4. The molecule has 0 spiro atoms. The minimum absolute atomic E-state index is 0.405. The number of nitrogens with two attached hydrogens (primary N) is 1. The summed E-state index contributed by atoms with van der Waals surface area (Å²) in [7, 11) is 0. The maximum atomic E-state index is 5.74. The second-order valence-corrected chi connectivity index (χ2v) is 4.51. The third-order valence-corrected chi connectivity index (χ3v) is 3.36. The highest BCUT2D eigenvalue weighted by Gasteiger charge is 2.17. The number of para-hydroxylation sites is 1. The topological polar surface area (TPSA) is 43.8 Å². The van der Waals surface area contributed by atoms with Gasteiger partial charge >= 0.3 is 0 Å². The second kappa shape index (κ2) is 5.15. The van der Waals surface area contributed by atoms with E-state index >= 15 is 0 Å². The largest absolute Gasteiger partial charge is 0.330 e. The van der Waals surface area contributed by atoms with Crippen LogP contribution in [-0.4, -0.2) is 16.3 Å².